The Morgan fingerprint density at radius 3 is 2.37 bits per heavy atom. The summed E-state index contributed by atoms with van der Waals surface area (Å²) in [5.41, 5.74) is 0.973. The van der Waals surface area contributed by atoms with Gasteiger partial charge in [-0.15, -0.1) is 0 Å². The van der Waals surface area contributed by atoms with Gasteiger partial charge < -0.3 is 14.8 Å². The minimum atomic E-state index is -0.845. The molecule has 0 heterocycles. The summed E-state index contributed by atoms with van der Waals surface area (Å²) in [6.45, 7) is 6.34. The van der Waals surface area contributed by atoms with Crippen LogP contribution in [-0.2, 0) is 30.4 Å². The maximum Gasteiger partial charge on any atom is 0.306 e. The molecule has 1 aromatic carbocycles. The summed E-state index contributed by atoms with van der Waals surface area (Å²) in [7, 11) is 0. The van der Waals surface area contributed by atoms with Crippen molar-refractivity contribution in [2.45, 2.75) is 65.5 Å². The predicted molar refractivity (Wildman–Crippen MR) is 103 cm³/mol. The zero-order valence-electron chi connectivity index (χ0n) is 16.5. The van der Waals surface area contributed by atoms with Crippen molar-refractivity contribution in [1.82, 2.24) is 5.32 Å². The summed E-state index contributed by atoms with van der Waals surface area (Å²) in [6, 6.07) is 9.54. The zero-order chi connectivity index (χ0) is 20.1. The molecule has 1 amide bonds. The van der Waals surface area contributed by atoms with Gasteiger partial charge in [0.25, 0.3) is 5.91 Å². The lowest BCUT2D eigenvalue weighted by Crippen LogP contribution is -2.37. The Balaban J connectivity index is 2.53. The highest BCUT2D eigenvalue weighted by Gasteiger charge is 2.23. The van der Waals surface area contributed by atoms with Crippen LogP contribution in [0.25, 0.3) is 0 Å². The lowest BCUT2D eigenvalue weighted by molar-refractivity contribution is -0.157. The molecule has 0 aliphatic rings. The molecular formula is C21H31NO5. The van der Waals surface area contributed by atoms with Crippen molar-refractivity contribution in [2.24, 2.45) is 5.92 Å². The van der Waals surface area contributed by atoms with Crippen LogP contribution >= 0.6 is 0 Å². The molecule has 0 saturated heterocycles. The number of carbonyl (C=O) groups excluding carboxylic acids is 3. The van der Waals surface area contributed by atoms with E-state index in [-0.39, 0.29) is 30.2 Å². The smallest absolute Gasteiger partial charge is 0.306 e. The molecular weight excluding hydrogens is 346 g/mol. The normalized spacial score (nSPS) is 11.7. The summed E-state index contributed by atoms with van der Waals surface area (Å²) < 4.78 is 10.3. The number of esters is 2. The molecule has 1 aromatic rings. The van der Waals surface area contributed by atoms with Gasteiger partial charge in [0.1, 0.15) is 0 Å². The fourth-order valence-corrected chi connectivity index (χ4v) is 2.51. The lowest BCUT2D eigenvalue weighted by atomic mass is 10.1. The molecule has 1 N–H and O–H groups in total. The van der Waals surface area contributed by atoms with E-state index in [2.05, 4.69) is 5.32 Å². The van der Waals surface area contributed by atoms with Gasteiger partial charge in [0.05, 0.1) is 6.61 Å². The molecule has 6 nitrogen and oxygen atoms in total. The highest BCUT2D eigenvalue weighted by molar-refractivity contribution is 5.83. The molecule has 1 atom stereocenters. The summed E-state index contributed by atoms with van der Waals surface area (Å²) in [5, 5.41) is 2.82. The highest BCUT2D eigenvalue weighted by atomic mass is 16.5. The van der Waals surface area contributed by atoms with Crippen LogP contribution in [0.2, 0.25) is 0 Å². The number of amides is 1. The highest BCUT2D eigenvalue weighted by Crippen LogP contribution is 2.12. The van der Waals surface area contributed by atoms with Crippen LogP contribution in [0.15, 0.2) is 30.3 Å². The number of rotatable bonds is 12. The second kappa shape index (κ2) is 12.9. The Morgan fingerprint density at radius 2 is 1.74 bits per heavy atom. The van der Waals surface area contributed by atoms with E-state index in [9.17, 15) is 14.4 Å². The van der Waals surface area contributed by atoms with Crippen molar-refractivity contribution >= 4 is 17.8 Å². The van der Waals surface area contributed by atoms with Crippen LogP contribution in [0.1, 0.15) is 58.4 Å². The van der Waals surface area contributed by atoms with Gasteiger partial charge in [-0.05, 0) is 37.7 Å². The van der Waals surface area contributed by atoms with Crippen LogP contribution in [0.5, 0.6) is 0 Å². The molecule has 0 bridgehead atoms. The van der Waals surface area contributed by atoms with E-state index < -0.39 is 6.10 Å². The molecule has 0 fully saturated rings. The van der Waals surface area contributed by atoms with Crippen molar-refractivity contribution in [3.8, 4) is 0 Å². The first kappa shape index (κ1) is 22.7. The Bertz CT molecular complexity index is 585. The van der Waals surface area contributed by atoms with Gasteiger partial charge in [0, 0.05) is 19.4 Å². The average Bonchev–Trinajstić information content (AvgIpc) is 2.62. The first-order valence-corrected chi connectivity index (χ1v) is 9.59. The standard InChI is InChI=1S/C21H31NO5/c1-4-26-19(23)13-9-8-12-18(27-20(24)14-16(2)3)21(25)22-15-17-10-6-5-7-11-17/h5-7,10-11,16,18H,4,8-9,12-15H2,1-3H3,(H,22,25). The zero-order valence-corrected chi connectivity index (χ0v) is 16.5. The maximum absolute atomic E-state index is 12.5. The Kier molecular flexibility index (Phi) is 10.8. The molecule has 1 unspecified atom stereocenters. The number of hydrogen-bond acceptors (Lipinski definition) is 5. The van der Waals surface area contributed by atoms with Crippen molar-refractivity contribution in [3.63, 3.8) is 0 Å². The fraction of sp³-hybridized carbons (Fsp3) is 0.571. The largest absolute Gasteiger partial charge is 0.466 e. The van der Waals surface area contributed by atoms with Crippen LogP contribution in [-0.4, -0.2) is 30.6 Å². The minimum absolute atomic E-state index is 0.161. The summed E-state index contributed by atoms with van der Waals surface area (Å²) in [4.78, 5) is 35.9. The predicted octanol–water partition coefficient (Wildman–Crippen LogP) is 3.38. The van der Waals surface area contributed by atoms with Gasteiger partial charge in [-0.1, -0.05) is 44.2 Å². The quantitative estimate of drug-likeness (QED) is 0.446. The number of hydrogen-bond donors (Lipinski definition) is 1. The first-order valence-electron chi connectivity index (χ1n) is 9.59. The van der Waals surface area contributed by atoms with Crippen LogP contribution in [0.3, 0.4) is 0 Å². The van der Waals surface area contributed by atoms with E-state index >= 15 is 0 Å². The molecule has 6 heteroatoms. The van der Waals surface area contributed by atoms with Gasteiger partial charge in [0.15, 0.2) is 6.10 Å². The second-order valence-corrected chi connectivity index (χ2v) is 6.83. The first-order chi connectivity index (χ1) is 12.9. The number of carbonyl (C=O) groups is 3. The number of benzene rings is 1. The Hall–Kier alpha value is -2.37. The summed E-state index contributed by atoms with van der Waals surface area (Å²) in [6.07, 6.45) is 1.28. The second-order valence-electron chi connectivity index (χ2n) is 6.83. The van der Waals surface area contributed by atoms with Gasteiger partial charge in [-0.3, -0.25) is 14.4 Å². The van der Waals surface area contributed by atoms with E-state index in [0.29, 0.717) is 38.8 Å². The Morgan fingerprint density at radius 1 is 1.04 bits per heavy atom. The summed E-state index contributed by atoms with van der Waals surface area (Å²) in [5.74, 6) is -0.781. The monoisotopic (exact) mass is 377 g/mol. The molecule has 0 aliphatic heterocycles. The molecule has 0 spiro atoms. The van der Waals surface area contributed by atoms with E-state index in [0.717, 1.165) is 5.56 Å². The van der Waals surface area contributed by atoms with Gasteiger partial charge in [-0.25, -0.2) is 0 Å². The lowest BCUT2D eigenvalue weighted by Gasteiger charge is -2.18. The van der Waals surface area contributed by atoms with E-state index in [1.165, 1.54) is 0 Å². The third-order valence-electron chi connectivity index (χ3n) is 3.85. The van der Waals surface area contributed by atoms with Crippen LogP contribution in [0, 0.1) is 5.92 Å². The Labute approximate surface area is 161 Å². The van der Waals surface area contributed by atoms with Crippen molar-refractivity contribution < 1.29 is 23.9 Å². The number of nitrogens with one attached hydrogen (secondary N) is 1. The van der Waals surface area contributed by atoms with Gasteiger partial charge >= 0.3 is 11.9 Å². The van der Waals surface area contributed by atoms with E-state index in [1.807, 2.05) is 44.2 Å². The van der Waals surface area contributed by atoms with Crippen LogP contribution < -0.4 is 5.32 Å². The topological polar surface area (TPSA) is 81.7 Å². The SMILES string of the molecule is CCOC(=O)CCCCC(OC(=O)CC(C)C)C(=O)NCc1ccccc1. The van der Waals surface area contributed by atoms with Crippen molar-refractivity contribution in [3.05, 3.63) is 35.9 Å². The third kappa shape index (κ3) is 10.4. The van der Waals surface area contributed by atoms with E-state index in [1.54, 1.807) is 6.92 Å². The molecule has 0 aromatic heterocycles. The average molecular weight is 377 g/mol. The molecule has 0 saturated carbocycles. The molecule has 27 heavy (non-hydrogen) atoms. The van der Waals surface area contributed by atoms with Crippen molar-refractivity contribution in [2.75, 3.05) is 6.61 Å². The molecule has 150 valence electrons. The van der Waals surface area contributed by atoms with Crippen molar-refractivity contribution in [1.29, 1.82) is 0 Å². The van der Waals surface area contributed by atoms with E-state index in [4.69, 9.17) is 9.47 Å². The molecule has 0 radical (unpaired) electrons. The third-order valence-corrected chi connectivity index (χ3v) is 3.85. The fourth-order valence-electron chi connectivity index (χ4n) is 2.51. The minimum Gasteiger partial charge on any atom is -0.466 e. The number of unbranched alkanes of at least 4 members (excludes halogenated alkanes) is 1. The van der Waals surface area contributed by atoms with Gasteiger partial charge in [0.2, 0.25) is 0 Å². The maximum atomic E-state index is 12.5. The van der Waals surface area contributed by atoms with Crippen LogP contribution in [0.4, 0.5) is 0 Å². The summed E-state index contributed by atoms with van der Waals surface area (Å²) >= 11 is 0. The molecule has 1 rings (SSSR count). The van der Waals surface area contributed by atoms with Gasteiger partial charge in [-0.2, -0.15) is 0 Å². The number of ether oxygens (including phenoxy) is 2. The molecule has 0 aliphatic carbocycles.